The Morgan fingerprint density at radius 1 is 1.00 bits per heavy atom. The van der Waals surface area contributed by atoms with Gasteiger partial charge in [-0.25, -0.2) is 8.42 Å². The minimum absolute atomic E-state index is 0.0516. The van der Waals surface area contributed by atoms with Gasteiger partial charge in [0, 0.05) is 25.3 Å². The summed E-state index contributed by atoms with van der Waals surface area (Å²) in [7, 11) is 1.38. The number of ether oxygens (including phenoxy) is 5. The number of sulfone groups is 1. The SMILES string of the molecule is COc1cc(OC)c(C=Cc2ccc(S(=O)(=O)CCCOC3CCCOC3)cc2)c(OC)c1. The molecular formula is C25H32O7S. The molecular weight excluding hydrogens is 444 g/mol. The molecule has 0 bridgehead atoms. The van der Waals surface area contributed by atoms with Crippen LogP contribution in [0.3, 0.4) is 0 Å². The smallest absolute Gasteiger partial charge is 0.178 e. The van der Waals surface area contributed by atoms with Crippen molar-refractivity contribution < 1.29 is 32.1 Å². The molecule has 180 valence electrons. The third-order valence-corrected chi connectivity index (χ3v) is 7.28. The summed E-state index contributed by atoms with van der Waals surface area (Å²) >= 11 is 0. The van der Waals surface area contributed by atoms with Crippen LogP contribution in [-0.2, 0) is 19.3 Å². The maximum Gasteiger partial charge on any atom is 0.178 e. The predicted octanol–water partition coefficient (Wildman–Crippen LogP) is 4.24. The van der Waals surface area contributed by atoms with Crippen LogP contribution in [-0.4, -0.2) is 61.4 Å². The van der Waals surface area contributed by atoms with Gasteiger partial charge in [-0.2, -0.15) is 0 Å². The van der Waals surface area contributed by atoms with Crippen LogP contribution in [0, 0.1) is 0 Å². The largest absolute Gasteiger partial charge is 0.496 e. The molecule has 2 aromatic rings. The average molecular weight is 477 g/mol. The third-order valence-electron chi connectivity index (χ3n) is 5.46. The van der Waals surface area contributed by atoms with Crippen molar-refractivity contribution in [1.82, 2.24) is 0 Å². The van der Waals surface area contributed by atoms with Crippen LogP contribution in [0.15, 0.2) is 41.3 Å². The van der Waals surface area contributed by atoms with Gasteiger partial charge < -0.3 is 23.7 Å². The van der Waals surface area contributed by atoms with E-state index in [-0.39, 0.29) is 11.9 Å². The monoisotopic (exact) mass is 476 g/mol. The van der Waals surface area contributed by atoms with E-state index in [0.717, 1.165) is 30.6 Å². The number of rotatable bonds is 11. The van der Waals surface area contributed by atoms with Crippen LogP contribution >= 0.6 is 0 Å². The highest BCUT2D eigenvalue weighted by Gasteiger charge is 2.17. The summed E-state index contributed by atoms with van der Waals surface area (Å²) in [5, 5.41) is 0. The fourth-order valence-corrected chi connectivity index (χ4v) is 4.91. The van der Waals surface area contributed by atoms with Crippen LogP contribution in [0.4, 0.5) is 0 Å². The van der Waals surface area contributed by atoms with Crippen molar-refractivity contribution in [2.45, 2.75) is 30.3 Å². The summed E-state index contributed by atoms with van der Waals surface area (Å²) in [5.41, 5.74) is 1.62. The molecule has 0 aromatic heterocycles. The highest BCUT2D eigenvalue weighted by atomic mass is 32.2. The zero-order valence-electron chi connectivity index (χ0n) is 19.4. The normalized spacial score (nSPS) is 16.6. The topological polar surface area (TPSA) is 80.3 Å². The van der Waals surface area contributed by atoms with E-state index in [1.54, 1.807) is 57.7 Å². The molecule has 0 aliphatic carbocycles. The maximum atomic E-state index is 12.7. The first-order valence-electron chi connectivity index (χ1n) is 11.0. The second-order valence-corrected chi connectivity index (χ2v) is 9.84. The number of hydrogen-bond donors (Lipinski definition) is 0. The van der Waals surface area contributed by atoms with E-state index < -0.39 is 9.84 Å². The van der Waals surface area contributed by atoms with Crippen molar-refractivity contribution in [3.05, 3.63) is 47.5 Å². The van der Waals surface area contributed by atoms with Gasteiger partial charge in [0.05, 0.1) is 50.3 Å². The molecule has 8 heteroatoms. The Bertz CT molecular complexity index is 998. The summed E-state index contributed by atoms with van der Waals surface area (Å²) in [6.45, 7) is 1.79. The lowest BCUT2D eigenvalue weighted by Crippen LogP contribution is -2.26. The van der Waals surface area contributed by atoms with E-state index >= 15 is 0 Å². The predicted molar refractivity (Wildman–Crippen MR) is 128 cm³/mol. The standard InChI is InChI=1S/C25H32O7S/c1-28-21-16-24(29-2)23(25(17-21)30-3)12-9-19-7-10-22(11-8-19)33(26,27)15-5-14-32-20-6-4-13-31-18-20/h7-12,16-17,20H,4-6,13-15,18H2,1-3H3. The summed E-state index contributed by atoms with van der Waals surface area (Å²) in [6.07, 6.45) is 6.24. The molecule has 0 spiro atoms. The highest BCUT2D eigenvalue weighted by Crippen LogP contribution is 2.35. The van der Waals surface area contributed by atoms with Gasteiger partial charge >= 0.3 is 0 Å². The lowest BCUT2D eigenvalue weighted by Gasteiger charge is -2.22. The second kappa shape index (κ2) is 12.1. The maximum absolute atomic E-state index is 12.7. The van der Waals surface area contributed by atoms with Crippen molar-refractivity contribution in [2.24, 2.45) is 0 Å². The average Bonchev–Trinajstić information content (AvgIpc) is 2.85. The molecule has 3 rings (SSSR count). The van der Waals surface area contributed by atoms with Crippen LogP contribution in [0.2, 0.25) is 0 Å². The number of benzene rings is 2. The highest BCUT2D eigenvalue weighted by molar-refractivity contribution is 7.91. The van der Waals surface area contributed by atoms with Crippen molar-refractivity contribution in [3.63, 3.8) is 0 Å². The Morgan fingerprint density at radius 3 is 2.27 bits per heavy atom. The molecule has 1 unspecified atom stereocenters. The molecule has 1 fully saturated rings. The van der Waals surface area contributed by atoms with Gasteiger partial charge in [0.15, 0.2) is 9.84 Å². The molecule has 1 atom stereocenters. The van der Waals surface area contributed by atoms with Crippen LogP contribution in [0.1, 0.15) is 30.4 Å². The van der Waals surface area contributed by atoms with Gasteiger partial charge in [0.25, 0.3) is 0 Å². The van der Waals surface area contributed by atoms with Crippen LogP contribution in [0.5, 0.6) is 17.2 Å². The zero-order valence-corrected chi connectivity index (χ0v) is 20.2. The fraction of sp³-hybridized carbons (Fsp3) is 0.440. The lowest BCUT2D eigenvalue weighted by atomic mass is 10.1. The molecule has 0 amide bonds. The molecule has 1 aliphatic heterocycles. The minimum atomic E-state index is -3.37. The number of methoxy groups -OCH3 is 3. The Labute approximate surface area is 196 Å². The summed E-state index contributed by atoms with van der Waals surface area (Å²) in [4.78, 5) is 0.306. The van der Waals surface area contributed by atoms with E-state index in [9.17, 15) is 8.42 Å². The second-order valence-electron chi connectivity index (χ2n) is 7.73. The molecule has 7 nitrogen and oxygen atoms in total. The minimum Gasteiger partial charge on any atom is -0.496 e. The van der Waals surface area contributed by atoms with Crippen molar-refractivity contribution in [3.8, 4) is 17.2 Å². The molecule has 2 aromatic carbocycles. The van der Waals surface area contributed by atoms with Gasteiger partial charge in [-0.1, -0.05) is 18.2 Å². The lowest BCUT2D eigenvalue weighted by molar-refractivity contribution is -0.0494. The van der Waals surface area contributed by atoms with Gasteiger partial charge in [0.2, 0.25) is 0 Å². The van der Waals surface area contributed by atoms with E-state index in [4.69, 9.17) is 23.7 Å². The molecule has 33 heavy (non-hydrogen) atoms. The van der Waals surface area contributed by atoms with Crippen LogP contribution < -0.4 is 14.2 Å². The zero-order chi connectivity index (χ0) is 23.7. The Hall–Kier alpha value is -2.55. The van der Waals surface area contributed by atoms with Crippen LogP contribution in [0.25, 0.3) is 12.2 Å². The van der Waals surface area contributed by atoms with E-state index in [0.29, 0.717) is 41.8 Å². The van der Waals surface area contributed by atoms with Gasteiger partial charge in [0.1, 0.15) is 17.2 Å². The molecule has 1 aliphatic rings. The number of hydrogen-bond acceptors (Lipinski definition) is 7. The Balaban J connectivity index is 1.62. The van der Waals surface area contributed by atoms with E-state index in [1.165, 1.54) is 0 Å². The summed E-state index contributed by atoms with van der Waals surface area (Å²) in [6, 6.07) is 10.4. The van der Waals surface area contributed by atoms with Crippen molar-refractivity contribution in [2.75, 3.05) is 46.9 Å². The molecule has 0 saturated carbocycles. The third kappa shape index (κ3) is 6.96. The Kier molecular flexibility index (Phi) is 9.17. The van der Waals surface area contributed by atoms with E-state index in [2.05, 4.69) is 0 Å². The first kappa shape index (κ1) is 25.1. The first-order chi connectivity index (χ1) is 16.0. The van der Waals surface area contributed by atoms with Gasteiger partial charge in [-0.3, -0.25) is 0 Å². The first-order valence-corrected chi connectivity index (χ1v) is 12.6. The molecule has 0 radical (unpaired) electrons. The molecule has 1 saturated heterocycles. The quantitative estimate of drug-likeness (QED) is 0.354. The summed E-state index contributed by atoms with van der Waals surface area (Å²) in [5.74, 6) is 1.91. The molecule has 0 N–H and O–H groups in total. The van der Waals surface area contributed by atoms with Crippen molar-refractivity contribution >= 4 is 22.0 Å². The summed E-state index contributed by atoms with van der Waals surface area (Å²) < 4.78 is 52.6. The fourth-order valence-electron chi connectivity index (χ4n) is 3.62. The van der Waals surface area contributed by atoms with Gasteiger partial charge in [-0.15, -0.1) is 0 Å². The van der Waals surface area contributed by atoms with Gasteiger partial charge in [-0.05, 0) is 43.0 Å². The van der Waals surface area contributed by atoms with Crippen molar-refractivity contribution in [1.29, 1.82) is 0 Å². The Morgan fingerprint density at radius 2 is 1.70 bits per heavy atom. The van der Waals surface area contributed by atoms with E-state index in [1.807, 2.05) is 12.2 Å². The molecule has 1 heterocycles.